The molecule has 0 spiro atoms. The summed E-state index contributed by atoms with van der Waals surface area (Å²) in [5, 5.41) is 10.7. The summed E-state index contributed by atoms with van der Waals surface area (Å²) >= 11 is 3.67. The molecule has 82 valence electrons. The number of hydrogen-bond acceptors (Lipinski definition) is 3. The molecule has 1 N–H and O–H groups in total. The summed E-state index contributed by atoms with van der Waals surface area (Å²) in [6.45, 7) is 2.19. The van der Waals surface area contributed by atoms with Gasteiger partial charge in [0.15, 0.2) is 0 Å². The van der Waals surface area contributed by atoms with Crippen molar-refractivity contribution in [1.29, 1.82) is 0 Å². The first-order valence-electron chi connectivity index (χ1n) is 5.17. The van der Waals surface area contributed by atoms with Crippen LogP contribution in [-0.2, 0) is 5.75 Å². The standard InChI is InChI=1S/C12H16OS2/c1-8-5-12(13)11-6-10(14-2)4-3-9(11)7-15-8/h3-4,6,8,12-13H,5,7H2,1-2H3/t8?,12-/m1/s1. The zero-order valence-corrected chi connectivity index (χ0v) is 10.7. The van der Waals surface area contributed by atoms with Gasteiger partial charge in [0.1, 0.15) is 0 Å². The number of benzene rings is 1. The van der Waals surface area contributed by atoms with Gasteiger partial charge in [-0.1, -0.05) is 13.0 Å². The predicted octanol–water partition coefficient (Wildman–Crippen LogP) is 3.47. The van der Waals surface area contributed by atoms with Crippen LogP contribution in [0, 0.1) is 0 Å². The van der Waals surface area contributed by atoms with Gasteiger partial charge in [-0.05, 0) is 35.9 Å². The van der Waals surface area contributed by atoms with Crippen LogP contribution in [0.5, 0.6) is 0 Å². The average molecular weight is 240 g/mol. The molecule has 0 fully saturated rings. The number of fused-ring (bicyclic) bond motifs is 1. The maximum Gasteiger partial charge on any atom is 0.0803 e. The van der Waals surface area contributed by atoms with E-state index in [0.29, 0.717) is 5.25 Å². The third-order valence-corrected chi connectivity index (χ3v) is 4.76. The number of aliphatic hydroxyl groups excluding tert-OH is 1. The van der Waals surface area contributed by atoms with E-state index in [-0.39, 0.29) is 6.10 Å². The summed E-state index contributed by atoms with van der Waals surface area (Å²) in [6, 6.07) is 6.45. The minimum Gasteiger partial charge on any atom is -0.388 e. The Morgan fingerprint density at radius 3 is 3.00 bits per heavy atom. The summed E-state index contributed by atoms with van der Waals surface area (Å²) in [7, 11) is 0. The second kappa shape index (κ2) is 4.81. The third-order valence-electron chi connectivity index (χ3n) is 2.79. The summed E-state index contributed by atoms with van der Waals surface area (Å²) < 4.78 is 0. The number of aliphatic hydroxyl groups is 1. The first kappa shape index (κ1) is 11.4. The number of rotatable bonds is 1. The van der Waals surface area contributed by atoms with Gasteiger partial charge in [0, 0.05) is 15.9 Å². The zero-order valence-electron chi connectivity index (χ0n) is 9.06. The lowest BCUT2D eigenvalue weighted by atomic mass is 10.0. The highest BCUT2D eigenvalue weighted by Crippen LogP contribution is 2.36. The maximum absolute atomic E-state index is 10.1. The lowest BCUT2D eigenvalue weighted by molar-refractivity contribution is 0.168. The van der Waals surface area contributed by atoms with E-state index >= 15 is 0 Å². The summed E-state index contributed by atoms with van der Waals surface area (Å²) in [6.07, 6.45) is 2.66. The third kappa shape index (κ3) is 2.52. The van der Waals surface area contributed by atoms with E-state index in [1.807, 2.05) is 11.8 Å². The van der Waals surface area contributed by atoms with Crippen molar-refractivity contribution in [2.75, 3.05) is 6.26 Å². The molecule has 0 saturated heterocycles. The molecule has 1 heterocycles. The van der Waals surface area contributed by atoms with Crippen molar-refractivity contribution in [1.82, 2.24) is 0 Å². The van der Waals surface area contributed by atoms with Crippen LogP contribution in [0.25, 0.3) is 0 Å². The Morgan fingerprint density at radius 2 is 2.27 bits per heavy atom. The van der Waals surface area contributed by atoms with E-state index in [2.05, 4.69) is 31.4 Å². The van der Waals surface area contributed by atoms with Crippen LogP contribution in [0.4, 0.5) is 0 Å². The number of thioether (sulfide) groups is 2. The molecule has 15 heavy (non-hydrogen) atoms. The van der Waals surface area contributed by atoms with E-state index in [4.69, 9.17) is 0 Å². The molecule has 2 rings (SSSR count). The molecular weight excluding hydrogens is 224 g/mol. The molecule has 1 aromatic carbocycles. The Hall–Kier alpha value is -0.120. The molecule has 2 atom stereocenters. The van der Waals surface area contributed by atoms with Crippen molar-refractivity contribution in [2.45, 2.75) is 35.3 Å². The average Bonchev–Trinajstić information content (AvgIpc) is 2.38. The molecule has 1 nitrogen and oxygen atoms in total. The van der Waals surface area contributed by atoms with Crippen molar-refractivity contribution in [3.63, 3.8) is 0 Å². The molecule has 1 unspecified atom stereocenters. The Morgan fingerprint density at radius 1 is 1.47 bits per heavy atom. The highest BCUT2D eigenvalue weighted by Gasteiger charge is 2.20. The van der Waals surface area contributed by atoms with Gasteiger partial charge in [-0.15, -0.1) is 11.8 Å². The SMILES string of the molecule is CSc1ccc2c(c1)[C@H](O)CC(C)SC2. The van der Waals surface area contributed by atoms with Gasteiger partial charge in [-0.25, -0.2) is 0 Å². The van der Waals surface area contributed by atoms with E-state index in [1.165, 1.54) is 10.5 Å². The molecule has 3 heteroatoms. The van der Waals surface area contributed by atoms with Crippen LogP contribution < -0.4 is 0 Å². The second-order valence-corrected chi connectivity index (χ2v) is 6.24. The number of hydrogen-bond donors (Lipinski definition) is 1. The van der Waals surface area contributed by atoms with Crippen LogP contribution in [0.3, 0.4) is 0 Å². The predicted molar refractivity (Wildman–Crippen MR) is 68.6 cm³/mol. The fraction of sp³-hybridized carbons (Fsp3) is 0.500. The normalized spacial score (nSPS) is 25.8. The molecule has 0 aromatic heterocycles. The highest BCUT2D eigenvalue weighted by atomic mass is 32.2. The van der Waals surface area contributed by atoms with E-state index in [1.54, 1.807) is 11.8 Å². The summed E-state index contributed by atoms with van der Waals surface area (Å²) in [4.78, 5) is 1.24. The van der Waals surface area contributed by atoms with Crippen molar-refractivity contribution in [3.05, 3.63) is 29.3 Å². The Kier molecular flexibility index (Phi) is 3.65. The molecular formula is C12H16OS2. The van der Waals surface area contributed by atoms with Crippen molar-refractivity contribution < 1.29 is 5.11 Å². The van der Waals surface area contributed by atoms with Gasteiger partial charge < -0.3 is 5.11 Å². The molecule has 0 radical (unpaired) electrons. The molecule has 1 aromatic rings. The Bertz CT molecular complexity index is 351. The first-order chi connectivity index (χ1) is 7.20. The molecule has 0 bridgehead atoms. The Labute approximate surface area is 99.7 Å². The minimum atomic E-state index is -0.280. The van der Waals surface area contributed by atoms with E-state index < -0.39 is 0 Å². The monoisotopic (exact) mass is 240 g/mol. The van der Waals surface area contributed by atoms with Crippen LogP contribution in [-0.4, -0.2) is 16.6 Å². The lowest BCUT2D eigenvalue weighted by Crippen LogP contribution is -2.03. The van der Waals surface area contributed by atoms with Crippen LogP contribution >= 0.6 is 23.5 Å². The van der Waals surface area contributed by atoms with Crippen molar-refractivity contribution in [2.24, 2.45) is 0 Å². The van der Waals surface area contributed by atoms with E-state index in [0.717, 1.165) is 17.7 Å². The van der Waals surface area contributed by atoms with E-state index in [9.17, 15) is 5.11 Å². The van der Waals surface area contributed by atoms with Crippen molar-refractivity contribution in [3.8, 4) is 0 Å². The molecule has 1 aliphatic rings. The smallest absolute Gasteiger partial charge is 0.0803 e. The minimum absolute atomic E-state index is 0.280. The zero-order chi connectivity index (χ0) is 10.8. The quantitative estimate of drug-likeness (QED) is 0.759. The summed E-state index contributed by atoms with van der Waals surface area (Å²) in [5.74, 6) is 1.03. The first-order valence-corrected chi connectivity index (χ1v) is 7.44. The largest absolute Gasteiger partial charge is 0.388 e. The molecule has 1 aliphatic heterocycles. The summed E-state index contributed by atoms with van der Waals surface area (Å²) in [5.41, 5.74) is 2.44. The van der Waals surface area contributed by atoms with Gasteiger partial charge in [0.05, 0.1) is 6.10 Å². The van der Waals surface area contributed by atoms with Crippen molar-refractivity contribution >= 4 is 23.5 Å². The second-order valence-electron chi connectivity index (χ2n) is 3.94. The fourth-order valence-corrected chi connectivity index (χ4v) is 3.38. The van der Waals surface area contributed by atoms with Gasteiger partial charge in [0.2, 0.25) is 0 Å². The Balaban J connectivity index is 2.36. The van der Waals surface area contributed by atoms with Crippen LogP contribution in [0.15, 0.2) is 23.1 Å². The lowest BCUT2D eigenvalue weighted by Gasteiger charge is -2.13. The van der Waals surface area contributed by atoms with Crippen LogP contribution in [0.2, 0.25) is 0 Å². The molecule has 0 amide bonds. The van der Waals surface area contributed by atoms with Gasteiger partial charge in [-0.3, -0.25) is 0 Å². The molecule has 0 aliphatic carbocycles. The molecule has 0 saturated carbocycles. The van der Waals surface area contributed by atoms with Crippen LogP contribution in [0.1, 0.15) is 30.6 Å². The van der Waals surface area contributed by atoms with Gasteiger partial charge >= 0.3 is 0 Å². The van der Waals surface area contributed by atoms with Gasteiger partial charge in [0.25, 0.3) is 0 Å². The maximum atomic E-state index is 10.1. The van der Waals surface area contributed by atoms with Gasteiger partial charge in [-0.2, -0.15) is 11.8 Å². The fourth-order valence-electron chi connectivity index (χ4n) is 1.88. The topological polar surface area (TPSA) is 20.2 Å². The highest BCUT2D eigenvalue weighted by molar-refractivity contribution is 7.99.